The molecule has 4 aromatic carbocycles. The van der Waals surface area contributed by atoms with Crippen LogP contribution in [0.5, 0.6) is 23.0 Å². The lowest BCUT2D eigenvalue weighted by atomic mass is 9.95. The van der Waals surface area contributed by atoms with Crippen molar-refractivity contribution in [2.75, 3.05) is 4.90 Å². The monoisotopic (exact) mass is 521 g/mol. The molecule has 7 nitrogen and oxygen atoms in total. The van der Waals surface area contributed by atoms with Crippen molar-refractivity contribution in [1.29, 1.82) is 0 Å². The minimum Gasteiger partial charge on any atom is -0.507 e. The van der Waals surface area contributed by atoms with E-state index in [4.69, 9.17) is 9.47 Å². The number of anilines is 1. The van der Waals surface area contributed by atoms with Crippen molar-refractivity contribution >= 4 is 23.1 Å². The Morgan fingerprint density at radius 1 is 0.795 bits per heavy atom. The number of ether oxygens (including phenoxy) is 2. The molecule has 0 aromatic heterocycles. The van der Waals surface area contributed by atoms with Gasteiger partial charge in [-0.25, -0.2) is 0 Å². The summed E-state index contributed by atoms with van der Waals surface area (Å²) in [4.78, 5) is 28.1. The Morgan fingerprint density at radius 2 is 1.46 bits per heavy atom. The van der Waals surface area contributed by atoms with Gasteiger partial charge in [-0.1, -0.05) is 42.5 Å². The number of amides is 1. The topological polar surface area (TPSA) is 96.3 Å². The van der Waals surface area contributed by atoms with Gasteiger partial charge in [-0.05, 0) is 80.1 Å². The number of benzene rings is 4. The molecule has 1 fully saturated rings. The number of hydrogen-bond donors (Lipinski definition) is 2. The van der Waals surface area contributed by atoms with Gasteiger partial charge in [-0.2, -0.15) is 0 Å². The molecule has 0 bridgehead atoms. The van der Waals surface area contributed by atoms with E-state index in [1.54, 1.807) is 66.7 Å². The summed E-state index contributed by atoms with van der Waals surface area (Å²) < 4.78 is 11.7. The van der Waals surface area contributed by atoms with Crippen molar-refractivity contribution in [3.05, 3.63) is 120 Å². The number of nitrogens with zero attached hydrogens (tertiary/aromatic N) is 1. The van der Waals surface area contributed by atoms with Crippen molar-refractivity contribution < 1.29 is 29.3 Å². The third kappa shape index (κ3) is 5.20. The largest absolute Gasteiger partial charge is 0.507 e. The van der Waals surface area contributed by atoms with Gasteiger partial charge in [0.15, 0.2) is 0 Å². The maximum absolute atomic E-state index is 13.4. The number of aliphatic hydroxyl groups is 1. The second-order valence-corrected chi connectivity index (χ2v) is 9.34. The van der Waals surface area contributed by atoms with Gasteiger partial charge in [-0.3, -0.25) is 14.5 Å². The smallest absolute Gasteiger partial charge is 0.300 e. The van der Waals surface area contributed by atoms with Gasteiger partial charge in [0.05, 0.1) is 23.4 Å². The van der Waals surface area contributed by atoms with E-state index in [-0.39, 0.29) is 28.9 Å². The van der Waals surface area contributed by atoms with E-state index in [1.807, 2.05) is 44.2 Å². The van der Waals surface area contributed by atoms with Crippen LogP contribution in [0.2, 0.25) is 0 Å². The fourth-order valence-electron chi connectivity index (χ4n) is 4.56. The number of aliphatic hydroxyl groups excluding tert-OH is 1. The highest BCUT2D eigenvalue weighted by atomic mass is 16.5. The van der Waals surface area contributed by atoms with Crippen molar-refractivity contribution in [2.24, 2.45) is 0 Å². The number of carbonyl (C=O) groups excluding carboxylic acids is 2. The van der Waals surface area contributed by atoms with E-state index in [0.29, 0.717) is 28.4 Å². The lowest BCUT2D eigenvalue weighted by Gasteiger charge is -2.26. The Balaban J connectivity index is 1.64. The fourth-order valence-corrected chi connectivity index (χ4v) is 4.56. The molecule has 1 heterocycles. The zero-order valence-electron chi connectivity index (χ0n) is 21.4. The summed E-state index contributed by atoms with van der Waals surface area (Å²) in [6.45, 7) is 3.81. The number of phenols is 1. The van der Waals surface area contributed by atoms with Crippen molar-refractivity contribution in [1.82, 2.24) is 0 Å². The molecule has 1 aliphatic heterocycles. The third-order valence-corrected chi connectivity index (χ3v) is 6.24. The summed E-state index contributed by atoms with van der Waals surface area (Å²) in [5.41, 5.74) is 0.923. The predicted molar refractivity (Wildman–Crippen MR) is 148 cm³/mol. The average molecular weight is 522 g/mol. The minimum atomic E-state index is -1.02. The lowest BCUT2D eigenvalue weighted by Crippen LogP contribution is -2.29. The van der Waals surface area contributed by atoms with Gasteiger partial charge in [0.1, 0.15) is 28.8 Å². The van der Waals surface area contributed by atoms with E-state index in [0.717, 1.165) is 0 Å². The SMILES string of the molecule is CC(C)Oc1ccc(/C(O)=C2/C(=O)C(=O)N(c3ccccc3O)C2c2cccc(Oc3ccccc3)c2)cc1. The standard InChI is InChI=1S/C32H27NO6/c1-20(2)38-24-17-15-21(16-18-24)30(35)28-29(33(32(37)31(28)36)26-13-6-7-14-27(26)34)22-9-8-12-25(19-22)39-23-10-4-3-5-11-23/h3-20,29,34-35H,1-2H3/b30-28-. The van der Waals surface area contributed by atoms with E-state index >= 15 is 0 Å². The van der Waals surface area contributed by atoms with Crippen molar-refractivity contribution in [3.63, 3.8) is 0 Å². The first-order valence-corrected chi connectivity index (χ1v) is 12.5. The zero-order valence-corrected chi connectivity index (χ0v) is 21.4. The number of carbonyl (C=O) groups is 2. The molecular formula is C32H27NO6. The van der Waals surface area contributed by atoms with Crippen LogP contribution in [0.4, 0.5) is 5.69 Å². The Bertz CT molecular complexity index is 1540. The maximum Gasteiger partial charge on any atom is 0.300 e. The van der Waals surface area contributed by atoms with Crippen LogP contribution in [0.3, 0.4) is 0 Å². The number of para-hydroxylation sites is 3. The van der Waals surface area contributed by atoms with Gasteiger partial charge in [0.2, 0.25) is 0 Å². The summed E-state index contributed by atoms with van der Waals surface area (Å²) in [5.74, 6) is -0.517. The first-order chi connectivity index (χ1) is 18.8. The molecule has 39 heavy (non-hydrogen) atoms. The maximum atomic E-state index is 13.4. The molecule has 1 aliphatic rings. The molecule has 1 unspecified atom stereocenters. The molecule has 2 N–H and O–H groups in total. The van der Waals surface area contributed by atoms with Gasteiger partial charge in [0, 0.05) is 5.56 Å². The summed E-state index contributed by atoms with van der Waals surface area (Å²) >= 11 is 0. The van der Waals surface area contributed by atoms with Gasteiger partial charge in [0.25, 0.3) is 11.7 Å². The fraction of sp³-hybridized carbons (Fsp3) is 0.125. The van der Waals surface area contributed by atoms with Crippen LogP contribution in [-0.2, 0) is 9.59 Å². The first kappa shape index (κ1) is 25.6. The van der Waals surface area contributed by atoms with Crippen LogP contribution in [-0.4, -0.2) is 28.0 Å². The quantitative estimate of drug-likeness (QED) is 0.162. The molecule has 5 rings (SSSR count). The summed E-state index contributed by atoms with van der Waals surface area (Å²) in [6, 6.07) is 28.1. The van der Waals surface area contributed by atoms with Crippen LogP contribution in [0.15, 0.2) is 109 Å². The highest BCUT2D eigenvalue weighted by molar-refractivity contribution is 6.51. The van der Waals surface area contributed by atoms with Gasteiger partial charge >= 0.3 is 0 Å². The summed E-state index contributed by atoms with van der Waals surface area (Å²) in [7, 11) is 0. The Hall–Kier alpha value is -5.04. The number of aromatic hydroxyl groups is 1. The molecule has 1 atom stereocenters. The number of ketones is 1. The Morgan fingerprint density at radius 3 is 2.15 bits per heavy atom. The number of rotatable bonds is 7. The second-order valence-electron chi connectivity index (χ2n) is 9.34. The molecule has 0 aliphatic carbocycles. The lowest BCUT2D eigenvalue weighted by molar-refractivity contribution is -0.132. The van der Waals surface area contributed by atoms with E-state index in [1.165, 1.54) is 11.0 Å². The van der Waals surface area contributed by atoms with Crippen LogP contribution >= 0.6 is 0 Å². The molecule has 0 radical (unpaired) electrons. The van der Waals surface area contributed by atoms with E-state index in [9.17, 15) is 19.8 Å². The van der Waals surface area contributed by atoms with Gasteiger partial charge < -0.3 is 19.7 Å². The second kappa shape index (κ2) is 10.8. The van der Waals surface area contributed by atoms with Crippen molar-refractivity contribution in [2.45, 2.75) is 26.0 Å². The Kier molecular flexibility index (Phi) is 7.06. The molecule has 0 saturated carbocycles. The highest BCUT2D eigenvalue weighted by Crippen LogP contribution is 2.45. The average Bonchev–Trinajstić information content (AvgIpc) is 3.19. The Labute approximate surface area is 226 Å². The predicted octanol–water partition coefficient (Wildman–Crippen LogP) is 6.60. The zero-order chi connectivity index (χ0) is 27.5. The molecule has 4 aromatic rings. The van der Waals surface area contributed by atoms with Crippen LogP contribution < -0.4 is 14.4 Å². The van der Waals surface area contributed by atoms with Crippen LogP contribution in [0, 0.1) is 0 Å². The number of phenolic OH excluding ortho intramolecular Hbond substituents is 1. The van der Waals surface area contributed by atoms with E-state index < -0.39 is 17.7 Å². The van der Waals surface area contributed by atoms with Crippen molar-refractivity contribution in [3.8, 4) is 23.0 Å². The minimum absolute atomic E-state index is 0.0290. The first-order valence-electron chi connectivity index (χ1n) is 12.5. The molecule has 1 saturated heterocycles. The number of Topliss-reactive ketones (excluding diaryl/α,β-unsaturated/α-hetero) is 1. The van der Waals surface area contributed by atoms with Gasteiger partial charge in [-0.15, -0.1) is 0 Å². The normalized spacial score (nSPS) is 16.5. The summed E-state index contributed by atoms with van der Waals surface area (Å²) in [6.07, 6.45) is -0.0290. The molecule has 196 valence electrons. The highest BCUT2D eigenvalue weighted by Gasteiger charge is 2.47. The molecule has 1 amide bonds. The molecule has 0 spiro atoms. The van der Waals surface area contributed by atoms with E-state index in [2.05, 4.69) is 0 Å². The molecule has 7 heteroatoms. The number of hydrogen-bond acceptors (Lipinski definition) is 6. The van der Waals surface area contributed by atoms with Crippen LogP contribution in [0.1, 0.15) is 31.0 Å². The molecular weight excluding hydrogens is 494 g/mol. The summed E-state index contributed by atoms with van der Waals surface area (Å²) in [5, 5.41) is 22.0. The third-order valence-electron chi connectivity index (χ3n) is 6.24. The van der Waals surface area contributed by atoms with Crippen LogP contribution in [0.25, 0.3) is 5.76 Å².